The third-order valence-corrected chi connectivity index (χ3v) is 7.67. The third-order valence-electron chi connectivity index (χ3n) is 7.67. The van der Waals surface area contributed by atoms with Gasteiger partial charge in [0.1, 0.15) is 11.4 Å². The first-order chi connectivity index (χ1) is 16.8. The van der Waals surface area contributed by atoms with Crippen molar-refractivity contribution < 1.29 is 27.4 Å². The third kappa shape index (κ3) is 4.85. The number of alkyl halides is 3. The van der Waals surface area contributed by atoms with Gasteiger partial charge < -0.3 is 9.47 Å². The zero-order valence-electron chi connectivity index (χ0n) is 19.5. The minimum absolute atomic E-state index is 0.0581. The van der Waals surface area contributed by atoms with Crippen LogP contribution in [0.15, 0.2) is 42.5 Å². The topological polar surface area (TPSA) is 42.0 Å². The van der Waals surface area contributed by atoms with E-state index in [0.29, 0.717) is 13.1 Å². The summed E-state index contributed by atoms with van der Waals surface area (Å²) in [6.45, 7) is 2.77. The molecule has 2 aromatic carbocycles. The quantitative estimate of drug-likeness (QED) is 0.479. The van der Waals surface area contributed by atoms with Gasteiger partial charge in [0.05, 0.1) is 6.54 Å². The Morgan fingerprint density at radius 3 is 2.11 bits per heavy atom. The van der Waals surface area contributed by atoms with Crippen LogP contribution in [0.3, 0.4) is 0 Å². The molecule has 186 valence electrons. The van der Waals surface area contributed by atoms with Crippen LogP contribution in [0.4, 0.5) is 23.7 Å². The average molecular weight is 487 g/mol. The molecule has 1 spiro atoms. The van der Waals surface area contributed by atoms with Crippen molar-refractivity contribution in [2.45, 2.75) is 68.9 Å². The van der Waals surface area contributed by atoms with Crippen LogP contribution in [-0.4, -0.2) is 42.6 Å². The fourth-order valence-electron chi connectivity index (χ4n) is 5.53. The van der Waals surface area contributed by atoms with Crippen molar-refractivity contribution in [2.75, 3.05) is 24.5 Å². The summed E-state index contributed by atoms with van der Waals surface area (Å²) in [5, 5.41) is 0. The lowest BCUT2D eigenvalue weighted by atomic mass is 9.90. The van der Waals surface area contributed by atoms with Crippen LogP contribution in [0.2, 0.25) is 0 Å². The molecule has 2 heterocycles. The van der Waals surface area contributed by atoms with Gasteiger partial charge in [-0.2, -0.15) is 0 Å². The Morgan fingerprint density at radius 1 is 0.971 bits per heavy atom. The number of hydrogen-bond acceptors (Lipinski definition) is 4. The average Bonchev–Trinajstić information content (AvgIpc) is 3.73. The fraction of sp³-hybridized carbons (Fsp3) is 0.519. The summed E-state index contributed by atoms with van der Waals surface area (Å²) < 4.78 is 50.0. The van der Waals surface area contributed by atoms with Gasteiger partial charge in [0.2, 0.25) is 0 Å². The number of benzene rings is 2. The number of nitrogens with zero attached hydrogens (tertiary/aromatic N) is 2. The molecule has 2 aliphatic carbocycles. The molecule has 2 saturated heterocycles. The molecule has 4 fully saturated rings. The molecular weight excluding hydrogens is 457 g/mol. The van der Waals surface area contributed by atoms with Crippen molar-refractivity contribution in [3.63, 3.8) is 0 Å². The molecule has 8 heteroatoms. The summed E-state index contributed by atoms with van der Waals surface area (Å²) in [7, 11) is 0. The Kier molecular flexibility index (Phi) is 5.47. The standard InChI is InChI=1S/C27H29F3N2O3/c28-27(29,30)34-24-22(19-6-7-19)14-18(15-23(24)20-8-9-20)16-31-12-10-26(11-13-31)17-32(25(33)35-26)21-4-2-1-3-5-21/h1-5,14-15,19-20H,6-13,16-17H2. The highest BCUT2D eigenvalue weighted by molar-refractivity contribution is 5.90. The van der Waals surface area contributed by atoms with Gasteiger partial charge in [-0.25, -0.2) is 4.79 Å². The molecule has 4 aliphatic rings. The second-order valence-electron chi connectivity index (χ2n) is 10.4. The lowest BCUT2D eigenvalue weighted by molar-refractivity contribution is -0.275. The van der Waals surface area contributed by atoms with Crippen molar-refractivity contribution in [3.8, 4) is 5.75 Å². The minimum atomic E-state index is -4.68. The zero-order valence-corrected chi connectivity index (χ0v) is 19.5. The van der Waals surface area contributed by atoms with E-state index >= 15 is 0 Å². The van der Waals surface area contributed by atoms with Crippen LogP contribution in [0.1, 0.15) is 67.1 Å². The number of hydrogen-bond donors (Lipinski definition) is 0. The molecule has 2 aromatic rings. The van der Waals surface area contributed by atoms with Crippen molar-refractivity contribution in [2.24, 2.45) is 0 Å². The minimum Gasteiger partial charge on any atom is -0.441 e. The highest BCUT2D eigenvalue weighted by Crippen LogP contribution is 2.52. The number of piperidine rings is 1. The maximum absolute atomic E-state index is 13.2. The molecular formula is C27H29F3N2O3. The number of carbonyl (C=O) groups excluding carboxylic acids is 1. The first-order valence-corrected chi connectivity index (χ1v) is 12.5. The fourth-order valence-corrected chi connectivity index (χ4v) is 5.53. The predicted octanol–water partition coefficient (Wildman–Crippen LogP) is 6.33. The van der Waals surface area contributed by atoms with Gasteiger partial charge in [0, 0.05) is 38.2 Å². The van der Waals surface area contributed by atoms with Gasteiger partial charge in [0.25, 0.3) is 0 Å². The number of rotatable bonds is 6. The molecule has 0 N–H and O–H groups in total. The van der Waals surface area contributed by atoms with E-state index in [1.54, 1.807) is 4.90 Å². The smallest absolute Gasteiger partial charge is 0.441 e. The summed E-state index contributed by atoms with van der Waals surface area (Å²) in [5.41, 5.74) is 2.86. The first kappa shape index (κ1) is 22.7. The van der Waals surface area contributed by atoms with Crippen LogP contribution in [0, 0.1) is 0 Å². The van der Waals surface area contributed by atoms with Gasteiger partial charge in [-0.05, 0) is 66.3 Å². The predicted molar refractivity (Wildman–Crippen MR) is 125 cm³/mol. The first-order valence-electron chi connectivity index (χ1n) is 12.5. The Morgan fingerprint density at radius 2 is 1.57 bits per heavy atom. The van der Waals surface area contributed by atoms with E-state index in [0.717, 1.165) is 74.0 Å². The molecule has 0 bridgehead atoms. The van der Waals surface area contributed by atoms with Crippen molar-refractivity contribution in [1.82, 2.24) is 4.90 Å². The molecule has 35 heavy (non-hydrogen) atoms. The van der Waals surface area contributed by atoms with Crippen LogP contribution in [-0.2, 0) is 11.3 Å². The maximum Gasteiger partial charge on any atom is 0.573 e. The summed E-state index contributed by atoms with van der Waals surface area (Å²) >= 11 is 0. The second-order valence-corrected chi connectivity index (χ2v) is 10.4. The molecule has 6 rings (SSSR count). The van der Waals surface area contributed by atoms with E-state index in [1.165, 1.54) is 0 Å². The second kappa shape index (κ2) is 8.43. The number of amides is 1. The number of anilines is 1. The number of para-hydroxylation sites is 1. The van der Waals surface area contributed by atoms with Gasteiger partial charge in [-0.1, -0.05) is 30.3 Å². The van der Waals surface area contributed by atoms with Crippen molar-refractivity contribution in [3.05, 3.63) is 59.2 Å². The molecule has 1 amide bonds. The van der Waals surface area contributed by atoms with Crippen LogP contribution >= 0.6 is 0 Å². The number of carbonyl (C=O) groups is 1. The lowest BCUT2D eigenvalue weighted by Gasteiger charge is -2.37. The summed E-state index contributed by atoms with van der Waals surface area (Å²) in [6.07, 6.45) is 0.156. The largest absolute Gasteiger partial charge is 0.573 e. The Hall–Kier alpha value is -2.74. The van der Waals surface area contributed by atoms with Gasteiger partial charge >= 0.3 is 12.5 Å². The SMILES string of the molecule is O=C1OC2(CCN(Cc3cc(C4CC4)c(OC(F)(F)F)c(C4CC4)c3)CC2)CN1c1ccccc1. The van der Waals surface area contributed by atoms with E-state index in [1.807, 2.05) is 42.5 Å². The van der Waals surface area contributed by atoms with Crippen LogP contribution < -0.4 is 9.64 Å². The highest BCUT2D eigenvalue weighted by Gasteiger charge is 2.47. The van der Waals surface area contributed by atoms with E-state index in [4.69, 9.17) is 4.74 Å². The Bertz CT molecular complexity index is 1070. The molecule has 2 aliphatic heterocycles. The number of likely N-dealkylation sites (tertiary alicyclic amines) is 1. The maximum atomic E-state index is 13.2. The number of ether oxygens (including phenoxy) is 2. The van der Waals surface area contributed by atoms with Crippen LogP contribution in [0.5, 0.6) is 5.75 Å². The lowest BCUT2D eigenvalue weighted by Crippen LogP contribution is -2.46. The molecule has 5 nitrogen and oxygen atoms in total. The molecule has 0 radical (unpaired) electrons. The van der Waals surface area contributed by atoms with E-state index in [2.05, 4.69) is 9.64 Å². The molecule has 0 unspecified atom stereocenters. The molecule has 0 atom stereocenters. The van der Waals surface area contributed by atoms with Crippen LogP contribution in [0.25, 0.3) is 0 Å². The van der Waals surface area contributed by atoms with E-state index in [-0.39, 0.29) is 23.7 Å². The molecule has 2 saturated carbocycles. The Balaban J connectivity index is 1.16. The Labute approximate surface area is 202 Å². The van der Waals surface area contributed by atoms with E-state index < -0.39 is 12.0 Å². The summed E-state index contributed by atoms with van der Waals surface area (Å²) in [5.74, 6) is 0.385. The normalized spacial score (nSPS) is 22.5. The summed E-state index contributed by atoms with van der Waals surface area (Å²) in [6, 6.07) is 13.4. The molecule has 0 aromatic heterocycles. The van der Waals surface area contributed by atoms with Gasteiger partial charge in [-0.15, -0.1) is 13.2 Å². The summed E-state index contributed by atoms with van der Waals surface area (Å²) in [4.78, 5) is 16.6. The number of halogens is 3. The van der Waals surface area contributed by atoms with Gasteiger partial charge in [-0.3, -0.25) is 9.80 Å². The van der Waals surface area contributed by atoms with Crippen molar-refractivity contribution >= 4 is 11.8 Å². The zero-order chi connectivity index (χ0) is 24.2. The highest BCUT2D eigenvalue weighted by atomic mass is 19.4. The van der Waals surface area contributed by atoms with Crippen molar-refractivity contribution in [1.29, 1.82) is 0 Å². The van der Waals surface area contributed by atoms with Gasteiger partial charge in [0.15, 0.2) is 0 Å². The van der Waals surface area contributed by atoms with E-state index in [9.17, 15) is 18.0 Å². The monoisotopic (exact) mass is 486 g/mol.